The molecule has 0 aliphatic heterocycles. The van der Waals surface area contributed by atoms with Crippen molar-refractivity contribution in [2.24, 2.45) is 5.73 Å². The van der Waals surface area contributed by atoms with Crippen LogP contribution in [0.15, 0.2) is 18.2 Å². The average molecular weight is 224 g/mol. The van der Waals surface area contributed by atoms with E-state index in [9.17, 15) is 4.79 Å². The molecule has 1 aromatic carbocycles. The highest BCUT2D eigenvalue weighted by Gasteiger charge is 2.13. The van der Waals surface area contributed by atoms with Crippen LogP contribution < -0.4 is 16.2 Å². The third-order valence-electron chi connectivity index (χ3n) is 1.86. The highest BCUT2D eigenvalue weighted by molar-refractivity contribution is 5.89. The molecule has 0 aliphatic carbocycles. The van der Waals surface area contributed by atoms with Gasteiger partial charge in [-0.25, -0.2) is 4.79 Å². The number of ether oxygens (including phenoxy) is 1. The van der Waals surface area contributed by atoms with Gasteiger partial charge in [0.25, 0.3) is 0 Å². The van der Waals surface area contributed by atoms with Crippen molar-refractivity contribution in [2.75, 3.05) is 12.3 Å². The van der Waals surface area contributed by atoms with Gasteiger partial charge in [-0.05, 0) is 32.0 Å². The van der Waals surface area contributed by atoms with Gasteiger partial charge in [-0.3, -0.25) is 0 Å². The van der Waals surface area contributed by atoms with Crippen molar-refractivity contribution in [2.45, 2.75) is 19.4 Å². The minimum Gasteiger partial charge on any atom is -0.490 e. The SMILES string of the molecule is CC(C)(N)COc1ccc(C(=O)O)cc1N. The molecule has 0 saturated carbocycles. The fourth-order valence-corrected chi connectivity index (χ4v) is 1.08. The smallest absolute Gasteiger partial charge is 0.335 e. The van der Waals surface area contributed by atoms with Crippen LogP contribution in [0.4, 0.5) is 5.69 Å². The van der Waals surface area contributed by atoms with Crippen molar-refractivity contribution in [3.05, 3.63) is 23.8 Å². The number of carbonyl (C=O) groups is 1. The summed E-state index contributed by atoms with van der Waals surface area (Å²) in [6.07, 6.45) is 0. The van der Waals surface area contributed by atoms with Crippen molar-refractivity contribution in [1.29, 1.82) is 0 Å². The van der Waals surface area contributed by atoms with Crippen molar-refractivity contribution < 1.29 is 14.6 Å². The zero-order chi connectivity index (χ0) is 12.3. The van der Waals surface area contributed by atoms with E-state index < -0.39 is 11.5 Å². The minimum atomic E-state index is -1.02. The highest BCUT2D eigenvalue weighted by atomic mass is 16.5. The number of carboxylic acids is 1. The van der Waals surface area contributed by atoms with E-state index in [2.05, 4.69) is 0 Å². The minimum absolute atomic E-state index is 0.136. The standard InChI is InChI=1S/C11H16N2O3/c1-11(2,13)6-16-9-4-3-7(10(14)15)5-8(9)12/h3-5H,6,12-13H2,1-2H3,(H,14,15). The first-order chi connectivity index (χ1) is 7.29. The molecule has 5 nitrogen and oxygen atoms in total. The third kappa shape index (κ3) is 3.43. The predicted molar refractivity (Wildman–Crippen MR) is 61.6 cm³/mol. The monoisotopic (exact) mass is 224 g/mol. The first-order valence-electron chi connectivity index (χ1n) is 4.84. The molecule has 5 N–H and O–H groups in total. The summed E-state index contributed by atoms with van der Waals surface area (Å²) in [5.41, 5.74) is 11.4. The number of aromatic carboxylic acids is 1. The summed E-state index contributed by atoms with van der Waals surface area (Å²) in [5.74, 6) is -0.569. The fourth-order valence-electron chi connectivity index (χ4n) is 1.08. The number of hydrogen-bond acceptors (Lipinski definition) is 4. The molecule has 0 aliphatic rings. The molecule has 0 bridgehead atoms. The summed E-state index contributed by atoms with van der Waals surface area (Å²) < 4.78 is 5.39. The lowest BCUT2D eigenvalue weighted by Crippen LogP contribution is -2.38. The number of benzene rings is 1. The van der Waals surface area contributed by atoms with Gasteiger partial charge < -0.3 is 21.3 Å². The summed E-state index contributed by atoms with van der Waals surface area (Å²) in [6.45, 7) is 3.97. The van der Waals surface area contributed by atoms with Crippen LogP contribution in [0.5, 0.6) is 5.75 Å². The molecule has 5 heteroatoms. The molecule has 0 unspecified atom stereocenters. The molecule has 0 aromatic heterocycles. The second-order valence-electron chi connectivity index (χ2n) is 4.34. The maximum Gasteiger partial charge on any atom is 0.335 e. The Labute approximate surface area is 94.0 Å². The van der Waals surface area contributed by atoms with Crippen LogP contribution in [0.25, 0.3) is 0 Å². The van der Waals surface area contributed by atoms with E-state index in [-0.39, 0.29) is 5.56 Å². The largest absolute Gasteiger partial charge is 0.490 e. The molecule has 1 rings (SSSR count). The summed E-state index contributed by atoms with van der Waals surface area (Å²) >= 11 is 0. The Kier molecular flexibility index (Phi) is 3.39. The third-order valence-corrected chi connectivity index (χ3v) is 1.86. The van der Waals surface area contributed by atoms with Crippen LogP contribution in [0.2, 0.25) is 0 Å². The van der Waals surface area contributed by atoms with E-state index in [4.69, 9.17) is 21.3 Å². The summed E-state index contributed by atoms with van der Waals surface area (Å²) in [5, 5.41) is 8.74. The first kappa shape index (κ1) is 12.3. The molecule has 0 spiro atoms. The Morgan fingerprint density at radius 3 is 2.56 bits per heavy atom. The number of anilines is 1. The fraction of sp³-hybridized carbons (Fsp3) is 0.364. The quantitative estimate of drug-likeness (QED) is 0.665. The lowest BCUT2D eigenvalue weighted by molar-refractivity contribution is 0.0697. The Morgan fingerprint density at radius 1 is 1.50 bits per heavy atom. The Balaban J connectivity index is 2.80. The molecule has 0 atom stereocenters. The maximum atomic E-state index is 10.7. The van der Waals surface area contributed by atoms with Crippen LogP contribution >= 0.6 is 0 Å². The van der Waals surface area contributed by atoms with Crippen LogP contribution in [-0.4, -0.2) is 23.2 Å². The van der Waals surface area contributed by atoms with Gasteiger partial charge in [0.2, 0.25) is 0 Å². The van der Waals surface area contributed by atoms with E-state index >= 15 is 0 Å². The van der Waals surface area contributed by atoms with Crippen LogP contribution in [0.3, 0.4) is 0 Å². The number of nitrogen functional groups attached to an aromatic ring is 1. The molecular formula is C11H16N2O3. The summed E-state index contributed by atoms with van der Waals surface area (Å²) in [6, 6.07) is 4.34. The molecule has 0 amide bonds. The zero-order valence-corrected chi connectivity index (χ0v) is 9.36. The molecule has 16 heavy (non-hydrogen) atoms. The van der Waals surface area contributed by atoms with Crippen LogP contribution in [-0.2, 0) is 0 Å². The average Bonchev–Trinajstić information content (AvgIpc) is 2.14. The second kappa shape index (κ2) is 4.40. The molecular weight excluding hydrogens is 208 g/mol. The van der Waals surface area contributed by atoms with Gasteiger partial charge in [0.15, 0.2) is 0 Å². The normalized spacial score (nSPS) is 11.2. The molecule has 88 valence electrons. The second-order valence-corrected chi connectivity index (χ2v) is 4.34. The highest BCUT2D eigenvalue weighted by Crippen LogP contribution is 2.23. The van der Waals surface area contributed by atoms with Crippen molar-refractivity contribution in [3.8, 4) is 5.75 Å². The summed E-state index contributed by atoms with van der Waals surface area (Å²) in [7, 11) is 0. The Hall–Kier alpha value is -1.75. The van der Waals surface area contributed by atoms with Gasteiger partial charge in [0.05, 0.1) is 11.3 Å². The van der Waals surface area contributed by atoms with Gasteiger partial charge in [-0.2, -0.15) is 0 Å². The molecule has 0 fully saturated rings. The molecule has 1 aromatic rings. The van der Waals surface area contributed by atoms with Crippen LogP contribution in [0, 0.1) is 0 Å². The van der Waals surface area contributed by atoms with E-state index in [1.54, 1.807) is 0 Å². The lowest BCUT2D eigenvalue weighted by atomic mass is 10.1. The Morgan fingerprint density at radius 2 is 2.12 bits per heavy atom. The predicted octanol–water partition coefficient (Wildman–Crippen LogP) is 1.08. The van der Waals surface area contributed by atoms with Gasteiger partial charge in [0.1, 0.15) is 12.4 Å². The van der Waals surface area contributed by atoms with Gasteiger partial charge in [0, 0.05) is 5.54 Å². The summed E-state index contributed by atoms with van der Waals surface area (Å²) in [4.78, 5) is 10.7. The number of hydrogen-bond donors (Lipinski definition) is 3. The van der Waals surface area contributed by atoms with Gasteiger partial charge in [-0.1, -0.05) is 0 Å². The van der Waals surface area contributed by atoms with Crippen molar-refractivity contribution >= 4 is 11.7 Å². The molecule has 0 heterocycles. The number of carboxylic acid groups (broad SMARTS) is 1. The van der Waals surface area contributed by atoms with E-state index in [0.717, 1.165) is 0 Å². The number of rotatable bonds is 4. The Bertz CT molecular complexity index is 397. The molecule has 0 saturated heterocycles. The van der Waals surface area contributed by atoms with Crippen molar-refractivity contribution in [3.63, 3.8) is 0 Å². The topological polar surface area (TPSA) is 98.6 Å². The van der Waals surface area contributed by atoms with Gasteiger partial charge in [-0.15, -0.1) is 0 Å². The van der Waals surface area contributed by atoms with Gasteiger partial charge >= 0.3 is 5.97 Å². The number of nitrogens with two attached hydrogens (primary N) is 2. The lowest BCUT2D eigenvalue weighted by Gasteiger charge is -2.19. The van der Waals surface area contributed by atoms with E-state index in [1.165, 1.54) is 18.2 Å². The van der Waals surface area contributed by atoms with Crippen molar-refractivity contribution in [1.82, 2.24) is 0 Å². The van der Waals surface area contributed by atoms with E-state index in [0.29, 0.717) is 18.0 Å². The molecule has 0 radical (unpaired) electrons. The first-order valence-corrected chi connectivity index (χ1v) is 4.84. The van der Waals surface area contributed by atoms with Crippen LogP contribution in [0.1, 0.15) is 24.2 Å². The van der Waals surface area contributed by atoms with E-state index in [1.807, 2.05) is 13.8 Å². The zero-order valence-electron chi connectivity index (χ0n) is 9.36. The maximum absolute atomic E-state index is 10.7.